The molecule has 0 bridgehead atoms. The summed E-state index contributed by atoms with van der Waals surface area (Å²) in [5.41, 5.74) is 7.67. The number of aryl methyl sites for hydroxylation is 1. The molecule has 5 aromatic rings. The third kappa shape index (κ3) is 5.11. The predicted octanol–water partition coefficient (Wildman–Crippen LogP) is 8.32. The number of pyridine rings is 1. The Balaban J connectivity index is 0.000000210. The van der Waals surface area contributed by atoms with Gasteiger partial charge in [-0.05, 0) is 87.9 Å². The van der Waals surface area contributed by atoms with Crippen molar-refractivity contribution in [3.05, 3.63) is 150 Å². The van der Waals surface area contributed by atoms with Gasteiger partial charge in [-0.2, -0.15) is 0 Å². The van der Waals surface area contributed by atoms with Crippen molar-refractivity contribution in [3.63, 3.8) is 0 Å². The van der Waals surface area contributed by atoms with Crippen LogP contribution in [0.25, 0.3) is 23.1 Å². The van der Waals surface area contributed by atoms with Crippen molar-refractivity contribution in [2.24, 2.45) is 4.99 Å². The maximum Gasteiger partial charge on any atom is 0.0717 e. The highest BCUT2D eigenvalue weighted by Gasteiger charge is 2.24. The minimum absolute atomic E-state index is 0.334. The Morgan fingerprint density at radius 2 is 1.73 bits per heavy atom. The molecular weight excluding hydrogens is 584 g/mol. The largest absolute Gasteiger partial charge is 0.264 e. The fraction of sp³-hybridized carbons (Fsp3) is 0.135. The first-order valence-electron chi connectivity index (χ1n) is 14.1. The van der Waals surface area contributed by atoms with Crippen molar-refractivity contribution in [1.82, 2.24) is 4.98 Å². The van der Waals surface area contributed by atoms with E-state index in [4.69, 9.17) is 4.98 Å². The summed E-state index contributed by atoms with van der Waals surface area (Å²) in [5, 5.41) is 8.67. The molecule has 0 amide bonds. The minimum Gasteiger partial charge on any atom is -0.264 e. The summed E-state index contributed by atoms with van der Waals surface area (Å²) in [7, 11) is 0. The van der Waals surface area contributed by atoms with E-state index >= 15 is 0 Å². The summed E-state index contributed by atoms with van der Waals surface area (Å²) < 4.78 is 1.14. The van der Waals surface area contributed by atoms with E-state index in [1.165, 1.54) is 59.1 Å². The van der Waals surface area contributed by atoms with Crippen LogP contribution in [0.2, 0.25) is 0 Å². The molecule has 2 heterocycles. The van der Waals surface area contributed by atoms with E-state index in [0.717, 1.165) is 29.3 Å². The van der Waals surface area contributed by atoms with E-state index in [0.29, 0.717) is 5.92 Å². The van der Waals surface area contributed by atoms with Gasteiger partial charge in [0, 0.05) is 44.3 Å². The molecule has 0 N–H and O–H groups in total. The Hall–Kier alpha value is -3.73. The number of aliphatic imine (C=N–C) groups is 1. The zero-order chi connectivity index (χ0) is 27.8. The first-order valence-corrected chi connectivity index (χ1v) is 15.8. The minimum atomic E-state index is 0.334. The number of thioether (sulfide) groups is 1. The van der Waals surface area contributed by atoms with Crippen LogP contribution in [0, 0.1) is 17.4 Å². The summed E-state index contributed by atoms with van der Waals surface area (Å²) in [6.07, 6.45) is 11.7. The molecule has 4 aromatic carbocycles. The number of hydrogen-bond donors (Lipinski definition) is 0. The Bertz CT molecular complexity index is 2090. The number of aromatic nitrogens is 1. The Morgan fingerprint density at radius 1 is 0.854 bits per heavy atom. The molecule has 3 aliphatic rings. The first-order chi connectivity index (χ1) is 20.2. The quantitative estimate of drug-likeness (QED) is 0.190. The van der Waals surface area contributed by atoms with E-state index < -0.39 is 0 Å². The van der Waals surface area contributed by atoms with Crippen LogP contribution in [-0.4, -0.2) is 11.2 Å². The average Bonchev–Trinajstić information content (AvgIpc) is 3.27. The molecule has 1 aromatic heterocycles. The van der Waals surface area contributed by atoms with E-state index in [1.807, 2.05) is 30.0 Å². The number of benzene rings is 4. The van der Waals surface area contributed by atoms with E-state index in [2.05, 4.69) is 113 Å². The maximum absolute atomic E-state index is 5.14. The van der Waals surface area contributed by atoms with Gasteiger partial charge < -0.3 is 0 Å². The first kappa shape index (κ1) is 26.2. The van der Waals surface area contributed by atoms with Crippen molar-refractivity contribution < 1.29 is 0 Å². The fourth-order valence-corrected chi connectivity index (χ4v) is 7.42. The highest BCUT2D eigenvalue weighted by atomic mass is 79.9. The molecule has 0 saturated heterocycles. The van der Waals surface area contributed by atoms with Crippen LogP contribution in [-0.2, 0) is 6.42 Å². The van der Waals surface area contributed by atoms with E-state index in [-0.39, 0.29) is 0 Å². The van der Waals surface area contributed by atoms with Gasteiger partial charge in [0.1, 0.15) is 0 Å². The molecule has 200 valence electrons. The van der Waals surface area contributed by atoms with Crippen LogP contribution >= 0.6 is 27.7 Å². The lowest BCUT2D eigenvalue weighted by Crippen LogP contribution is -2.24. The molecule has 4 heteroatoms. The van der Waals surface area contributed by atoms with Crippen molar-refractivity contribution in [2.45, 2.75) is 37.0 Å². The van der Waals surface area contributed by atoms with Crippen LogP contribution in [0.15, 0.2) is 111 Å². The molecule has 8 rings (SSSR count). The van der Waals surface area contributed by atoms with Crippen LogP contribution in [0.5, 0.6) is 0 Å². The lowest BCUT2D eigenvalue weighted by molar-refractivity contribution is 0.694. The standard InChI is InChI=1S/C28H22BrN.C9H7NS/c1-17-9-14-26-24(15-17)25(29)16-27(30-26)23-8-4-6-19-11-12-21-20-7-3-2-5-18(20)10-13-22(21)28(19)23;1-2-4-9-8(3-1)7-10-5-6-11-9/h2-3,5-7,9-12,14-16,23H,4,8,13H2,1H3;1-7H. The highest BCUT2D eigenvalue weighted by Crippen LogP contribution is 2.36. The smallest absolute Gasteiger partial charge is 0.0717 e. The van der Waals surface area contributed by atoms with Crippen LogP contribution in [0.4, 0.5) is 0 Å². The summed E-state index contributed by atoms with van der Waals surface area (Å²) in [5.74, 6) is 0.334. The van der Waals surface area contributed by atoms with E-state index in [1.54, 1.807) is 11.8 Å². The Morgan fingerprint density at radius 3 is 2.68 bits per heavy atom. The van der Waals surface area contributed by atoms with Gasteiger partial charge in [-0.3, -0.25) is 9.98 Å². The highest BCUT2D eigenvalue weighted by molar-refractivity contribution is 9.10. The average molecular weight is 614 g/mol. The molecule has 1 aliphatic heterocycles. The summed E-state index contributed by atoms with van der Waals surface area (Å²) in [6.45, 7) is 2.13. The SMILES string of the molecule is C1=CSc2ccccc2C=N1.Cc1ccc2nc(C3CCC=c4ccc5c(c43)CC=c3ccccc3=5)cc(Br)c2c1. The summed E-state index contributed by atoms with van der Waals surface area (Å²) in [6, 6.07) is 30.4. The number of rotatable bonds is 1. The van der Waals surface area contributed by atoms with Gasteiger partial charge in [-0.1, -0.05) is 106 Å². The maximum atomic E-state index is 5.14. The van der Waals surface area contributed by atoms with Crippen LogP contribution < -0.4 is 10.4 Å². The number of halogens is 1. The molecule has 0 saturated carbocycles. The number of hydrogen-bond acceptors (Lipinski definition) is 3. The van der Waals surface area contributed by atoms with Crippen LogP contribution in [0.3, 0.4) is 0 Å². The van der Waals surface area contributed by atoms with Gasteiger partial charge in [0.15, 0.2) is 0 Å². The molecule has 2 nitrogen and oxygen atoms in total. The molecule has 2 aliphatic carbocycles. The second kappa shape index (κ2) is 11.3. The molecule has 0 radical (unpaired) electrons. The normalized spacial score (nSPS) is 16.1. The van der Waals surface area contributed by atoms with Gasteiger partial charge >= 0.3 is 0 Å². The van der Waals surface area contributed by atoms with E-state index in [9.17, 15) is 0 Å². The second-order valence-electron chi connectivity index (χ2n) is 10.7. The Labute approximate surface area is 252 Å². The molecule has 0 spiro atoms. The van der Waals surface area contributed by atoms with Gasteiger partial charge in [0.2, 0.25) is 0 Å². The topological polar surface area (TPSA) is 25.2 Å². The second-order valence-corrected chi connectivity index (χ2v) is 12.5. The zero-order valence-electron chi connectivity index (χ0n) is 22.8. The lowest BCUT2D eigenvalue weighted by atomic mass is 9.80. The third-order valence-corrected chi connectivity index (χ3v) is 9.64. The predicted molar refractivity (Wildman–Crippen MR) is 177 cm³/mol. The molecule has 0 fully saturated rings. The number of nitrogens with zero attached hydrogens (tertiary/aromatic N) is 2. The molecule has 1 unspecified atom stereocenters. The summed E-state index contributed by atoms with van der Waals surface area (Å²) >= 11 is 5.53. The van der Waals surface area contributed by atoms with Crippen molar-refractivity contribution in [2.75, 3.05) is 0 Å². The molecule has 1 atom stereocenters. The summed E-state index contributed by atoms with van der Waals surface area (Å²) in [4.78, 5) is 10.5. The van der Waals surface area contributed by atoms with Crippen molar-refractivity contribution >= 4 is 57.0 Å². The zero-order valence-corrected chi connectivity index (χ0v) is 25.3. The van der Waals surface area contributed by atoms with Gasteiger partial charge in [0.05, 0.1) is 5.52 Å². The van der Waals surface area contributed by atoms with Gasteiger partial charge in [-0.25, -0.2) is 0 Å². The lowest BCUT2D eigenvalue weighted by Gasteiger charge is -2.25. The van der Waals surface area contributed by atoms with Crippen molar-refractivity contribution in [3.8, 4) is 0 Å². The third-order valence-electron chi connectivity index (χ3n) is 8.10. The number of fused-ring (bicyclic) bond motifs is 6. The molecular formula is C37H29BrN2S. The molecule has 41 heavy (non-hydrogen) atoms. The monoisotopic (exact) mass is 612 g/mol. The Kier molecular flexibility index (Phi) is 7.20. The fourth-order valence-electron chi connectivity index (χ4n) is 6.18. The van der Waals surface area contributed by atoms with Crippen LogP contribution in [0.1, 0.15) is 46.7 Å². The van der Waals surface area contributed by atoms with Crippen molar-refractivity contribution in [1.29, 1.82) is 0 Å². The van der Waals surface area contributed by atoms with Gasteiger partial charge in [-0.15, -0.1) is 0 Å². The van der Waals surface area contributed by atoms with Gasteiger partial charge in [0.25, 0.3) is 0 Å².